The van der Waals surface area contributed by atoms with Crippen molar-refractivity contribution in [2.75, 3.05) is 55.0 Å². The first-order valence-corrected chi connectivity index (χ1v) is 7.98. The van der Waals surface area contributed by atoms with E-state index in [1.54, 1.807) is 22.1 Å². The molecule has 0 aromatic carbocycles. The Balaban J connectivity index is 1.70. The number of alkyl halides is 3. The summed E-state index contributed by atoms with van der Waals surface area (Å²) in [5.74, 6) is 0.309. The molecule has 140 valence electrons. The molecule has 0 saturated carbocycles. The van der Waals surface area contributed by atoms with Crippen molar-refractivity contribution in [1.29, 1.82) is 0 Å². The van der Waals surface area contributed by atoms with Crippen LogP contribution in [0.15, 0.2) is 24.5 Å². The highest BCUT2D eigenvalue weighted by Gasteiger charge is 2.32. The van der Waals surface area contributed by atoms with Crippen molar-refractivity contribution in [1.82, 2.24) is 15.0 Å². The smallest absolute Gasteiger partial charge is 0.353 e. The van der Waals surface area contributed by atoms with Gasteiger partial charge in [-0.25, -0.2) is 14.4 Å². The topological polar surface area (TPSA) is 48.4 Å². The van der Waals surface area contributed by atoms with Crippen LogP contribution in [0.1, 0.15) is 5.56 Å². The van der Waals surface area contributed by atoms with Crippen LogP contribution < -0.4 is 14.7 Å². The molecular formula is C16H18F4N6. The van der Waals surface area contributed by atoms with Crippen molar-refractivity contribution in [2.24, 2.45) is 0 Å². The second-order valence-corrected chi connectivity index (χ2v) is 6.11. The second kappa shape index (κ2) is 6.93. The first-order valence-electron chi connectivity index (χ1n) is 7.98. The highest BCUT2D eigenvalue weighted by Crippen LogP contribution is 2.31. The molecule has 26 heavy (non-hydrogen) atoms. The predicted molar refractivity (Wildman–Crippen MR) is 90.0 cm³/mol. The van der Waals surface area contributed by atoms with Crippen molar-refractivity contribution < 1.29 is 17.6 Å². The van der Waals surface area contributed by atoms with Gasteiger partial charge in [-0.05, 0) is 12.1 Å². The van der Waals surface area contributed by atoms with E-state index in [1.807, 2.05) is 19.0 Å². The summed E-state index contributed by atoms with van der Waals surface area (Å²) in [6, 6.07) is 2.28. The average Bonchev–Trinajstić information content (AvgIpc) is 2.61. The number of nitrogens with zero attached hydrogens (tertiary/aromatic N) is 6. The lowest BCUT2D eigenvalue weighted by molar-refractivity contribution is -0.138. The lowest BCUT2D eigenvalue weighted by Crippen LogP contribution is -2.47. The molecule has 1 aliphatic rings. The van der Waals surface area contributed by atoms with Crippen molar-refractivity contribution in [2.45, 2.75) is 6.18 Å². The molecule has 6 nitrogen and oxygen atoms in total. The first kappa shape index (κ1) is 18.2. The van der Waals surface area contributed by atoms with E-state index >= 15 is 0 Å². The van der Waals surface area contributed by atoms with E-state index in [9.17, 15) is 17.6 Å². The fraction of sp³-hybridized carbons (Fsp3) is 0.438. The number of anilines is 3. The summed E-state index contributed by atoms with van der Waals surface area (Å²) in [5.41, 5.74) is -1.09. The van der Waals surface area contributed by atoms with Gasteiger partial charge >= 0.3 is 6.18 Å². The Labute approximate surface area is 148 Å². The van der Waals surface area contributed by atoms with Crippen molar-refractivity contribution in [3.63, 3.8) is 0 Å². The number of hydrogen-bond donors (Lipinski definition) is 0. The second-order valence-electron chi connectivity index (χ2n) is 6.11. The van der Waals surface area contributed by atoms with Gasteiger partial charge in [-0.1, -0.05) is 0 Å². The summed E-state index contributed by atoms with van der Waals surface area (Å²) in [7, 11) is 3.69. The van der Waals surface area contributed by atoms with Gasteiger partial charge in [0.15, 0.2) is 11.6 Å². The minimum absolute atomic E-state index is 0.0608. The van der Waals surface area contributed by atoms with E-state index in [-0.39, 0.29) is 5.82 Å². The third-order valence-electron chi connectivity index (χ3n) is 4.08. The number of piperazine rings is 1. The molecule has 10 heteroatoms. The summed E-state index contributed by atoms with van der Waals surface area (Å²) >= 11 is 0. The van der Waals surface area contributed by atoms with Gasteiger partial charge in [0.1, 0.15) is 5.82 Å². The molecule has 1 fully saturated rings. The summed E-state index contributed by atoms with van der Waals surface area (Å²) in [5, 5.41) is 0. The third-order valence-corrected chi connectivity index (χ3v) is 4.08. The van der Waals surface area contributed by atoms with Gasteiger partial charge in [0, 0.05) is 52.7 Å². The van der Waals surface area contributed by atoms with Crippen LogP contribution in [0.4, 0.5) is 35.1 Å². The normalized spacial score (nSPS) is 15.3. The molecule has 2 aromatic rings. The minimum Gasteiger partial charge on any atom is -0.353 e. The fourth-order valence-electron chi connectivity index (χ4n) is 2.70. The fourth-order valence-corrected chi connectivity index (χ4v) is 2.70. The molecule has 0 N–H and O–H groups in total. The van der Waals surface area contributed by atoms with E-state index in [2.05, 4.69) is 15.0 Å². The molecule has 0 amide bonds. The van der Waals surface area contributed by atoms with E-state index in [0.717, 1.165) is 5.82 Å². The molecule has 0 unspecified atom stereocenters. The van der Waals surface area contributed by atoms with Crippen LogP contribution in [0.5, 0.6) is 0 Å². The van der Waals surface area contributed by atoms with Crippen molar-refractivity contribution in [3.05, 3.63) is 35.9 Å². The highest BCUT2D eigenvalue weighted by atomic mass is 19.4. The molecule has 0 radical (unpaired) electrons. The maximum Gasteiger partial charge on any atom is 0.417 e. The Bertz CT molecular complexity index is 772. The maximum absolute atomic E-state index is 14.1. The summed E-state index contributed by atoms with van der Waals surface area (Å²) in [6.07, 6.45) is -2.28. The summed E-state index contributed by atoms with van der Waals surface area (Å²) in [4.78, 5) is 17.8. The quantitative estimate of drug-likeness (QED) is 0.774. The van der Waals surface area contributed by atoms with E-state index in [0.29, 0.717) is 44.4 Å². The molecule has 1 aliphatic heterocycles. The van der Waals surface area contributed by atoms with Gasteiger partial charge < -0.3 is 14.7 Å². The molecular weight excluding hydrogens is 352 g/mol. The molecule has 0 atom stereocenters. The summed E-state index contributed by atoms with van der Waals surface area (Å²) in [6.45, 7) is 1.95. The van der Waals surface area contributed by atoms with Crippen LogP contribution in [0.3, 0.4) is 0 Å². The first-order chi connectivity index (χ1) is 12.3. The van der Waals surface area contributed by atoms with Gasteiger partial charge in [-0.15, -0.1) is 0 Å². The number of hydrogen-bond acceptors (Lipinski definition) is 6. The van der Waals surface area contributed by atoms with Crippen LogP contribution in [-0.2, 0) is 6.18 Å². The van der Waals surface area contributed by atoms with E-state index in [4.69, 9.17) is 0 Å². The van der Waals surface area contributed by atoms with Gasteiger partial charge in [0.05, 0.1) is 5.56 Å². The largest absolute Gasteiger partial charge is 0.417 e. The Morgan fingerprint density at radius 3 is 2.27 bits per heavy atom. The SMILES string of the molecule is CN(C)c1nccc(N2CCN(c3ncc(C(F)(F)F)cc3F)CC2)n1. The molecule has 1 saturated heterocycles. The maximum atomic E-state index is 14.1. The molecule has 0 bridgehead atoms. The zero-order valence-corrected chi connectivity index (χ0v) is 14.3. The molecule has 3 rings (SSSR count). The third kappa shape index (κ3) is 3.78. The average molecular weight is 370 g/mol. The Morgan fingerprint density at radius 2 is 1.69 bits per heavy atom. The van der Waals surface area contributed by atoms with Crippen LogP contribution >= 0.6 is 0 Å². The van der Waals surface area contributed by atoms with E-state index in [1.165, 1.54) is 0 Å². The lowest BCUT2D eigenvalue weighted by Gasteiger charge is -2.36. The van der Waals surface area contributed by atoms with Crippen LogP contribution in [0.2, 0.25) is 0 Å². The van der Waals surface area contributed by atoms with Crippen LogP contribution in [0, 0.1) is 5.82 Å². The molecule has 2 aromatic heterocycles. The Hall–Kier alpha value is -2.65. The number of aromatic nitrogens is 3. The standard InChI is InChI=1S/C16H18F4N6/c1-24(2)15-21-4-3-13(23-15)25-5-7-26(8-6-25)14-12(17)9-11(10-22-14)16(18,19)20/h3-4,9-10H,5-8H2,1-2H3. The number of pyridine rings is 1. The van der Waals surface area contributed by atoms with Gasteiger partial charge in [0.2, 0.25) is 5.95 Å². The minimum atomic E-state index is -4.61. The van der Waals surface area contributed by atoms with Crippen LogP contribution in [-0.4, -0.2) is 55.2 Å². The zero-order valence-electron chi connectivity index (χ0n) is 14.3. The van der Waals surface area contributed by atoms with Gasteiger partial charge in [-0.2, -0.15) is 18.2 Å². The Kier molecular flexibility index (Phi) is 4.84. The monoisotopic (exact) mass is 370 g/mol. The van der Waals surface area contributed by atoms with Crippen LogP contribution in [0.25, 0.3) is 0 Å². The lowest BCUT2D eigenvalue weighted by atomic mass is 10.2. The van der Waals surface area contributed by atoms with Gasteiger partial charge in [0.25, 0.3) is 0 Å². The molecule has 0 spiro atoms. The van der Waals surface area contributed by atoms with Crippen molar-refractivity contribution in [3.8, 4) is 0 Å². The Morgan fingerprint density at radius 1 is 1.04 bits per heavy atom. The number of rotatable bonds is 3. The summed E-state index contributed by atoms with van der Waals surface area (Å²) < 4.78 is 52.0. The van der Waals surface area contributed by atoms with Crippen molar-refractivity contribution >= 4 is 17.6 Å². The van der Waals surface area contributed by atoms with Gasteiger partial charge in [-0.3, -0.25) is 0 Å². The van der Waals surface area contributed by atoms with E-state index < -0.39 is 17.6 Å². The highest BCUT2D eigenvalue weighted by molar-refractivity contribution is 5.48. The zero-order chi connectivity index (χ0) is 18.9. The molecule has 3 heterocycles. The number of halogens is 4. The molecule has 0 aliphatic carbocycles. The predicted octanol–water partition coefficient (Wildman–Crippen LogP) is 2.42.